The molecule has 148 valence electrons. The molecule has 26 heavy (non-hydrogen) atoms. The quantitative estimate of drug-likeness (QED) is 0.226. The first kappa shape index (κ1) is 23.4. The van der Waals surface area contributed by atoms with Crippen LogP contribution >= 0.6 is 35.7 Å². The fraction of sp³-hybridized carbons (Fsp3) is 0.632. The van der Waals surface area contributed by atoms with E-state index in [4.69, 9.17) is 14.5 Å². The molecule has 1 atom stereocenters. The number of aliphatic imine (C=N–C) groups is 1. The summed E-state index contributed by atoms with van der Waals surface area (Å²) in [5, 5.41) is 7.51. The second-order valence-electron chi connectivity index (χ2n) is 6.05. The summed E-state index contributed by atoms with van der Waals surface area (Å²) in [4.78, 5) is 4.71. The fourth-order valence-corrected chi connectivity index (χ4v) is 3.86. The van der Waals surface area contributed by atoms with Crippen LogP contribution in [-0.2, 0) is 11.3 Å². The molecule has 0 saturated carbocycles. The second kappa shape index (κ2) is 14.4. The van der Waals surface area contributed by atoms with Crippen molar-refractivity contribution in [1.82, 2.24) is 10.6 Å². The second-order valence-corrected chi connectivity index (χ2v) is 7.46. The Morgan fingerprint density at radius 1 is 1.31 bits per heavy atom. The molecule has 2 N–H and O–H groups in total. The Morgan fingerprint density at radius 3 is 2.92 bits per heavy atom. The van der Waals surface area contributed by atoms with Gasteiger partial charge in [0, 0.05) is 38.5 Å². The molecule has 1 aromatic rings. The normalized spacial score (nSPS) is 16.8. The lowest BCUT2D eigenvalue weighted by atomic mass is 10.2. The Kier molecular flexibility index (Phi) is 12.9. The minimum atomic E-state index is 0. The Balaban J connectivity index is 0.00000338. The van der Waals surface area contributed by atoms with E-state index in [0.29, 0.717) is 18.4 Å². The number of ether oxygens (including phenoxy) is 2. The fourth-order valence-electron chi connectivity index (χ4n) is 2.65. The van der Waals surface area contributed by atoms with Crippen LogP contribution in [0.15, 0.2) is 29.3 Å². The van der Waals surface area contributed by atoms with E-state index in [1.807, 2.05) is 12.1 Å². The van der Waals surface area contributed by atoms with Gasteiger partial charge in [-0.25, -0.2) is 4.99 Å². The molecule has 0 spiro atoms. The van der Waals surface area contributed by atoms with Crippen molar-refractivity contribution >= 4 is 41.7 Å². The van der Waals surface area contributed by atoms with Gasteiger partial charge in [0.05, 0.1) is 13.2 Å². The van der Waals surface area contributed by atoms with Gasteiger partial charge in [-0.3, -0.25) is 0 Å². The smallest absolute Gasteiger partial charge is 0.191 e. The van der Waals surface area contributed by atoms with Gasteiger partial charge in [-0.2, -0.15) is 11.8 Å². The number of hydrogen-bond donors (Lipinski definition) is 2. The third kappa shape index (κ3) is 9.32. The van der Waals surface area contributed by atoms with Crippen LogP contribution in [0.4, 0.5) is 0 Å². The van der Waals surface area contributed by atoms with E-state index in [2.05, 4.69) is 41.5 Å². The van der Waals surface area contributed by atoms with Crippen LogP contribution in [0.25, 0.3) is 0 Å². The van der Waals surface area contributed by atoms with Gasteiger partial charge in [-0.15, -0.1) is 24.0 Å². The summed E-state index contributed by atoms with van der Waals surface area (Å²) in [6.07, 6.45) is 3.54. The highest BCUT2D eigenvalue weighted by molar-refractivity contribution is 14.0. The molecule has 1 saturated heterocycles. The van der Waals surface area contributed by atoms with Crippen molar-refractivity contribution < 1.29 is 9.47 Å². The van der Waals surface area contributed by atoms with Crippen LogP contribution in [0.1, 0.15) is 31.7 Å². The maximum atomic E-state index is 5.76. The molecule has 0 aliphatic carbocycles. The zero-order chi connectivity index (χ0) is 17.7. The average Bonchev–Trinajstić information content (AvgIpc) is 3.15. The highest BCUT2D eigenvalue weighted by Crippen LogP contribution is 2.25. The maximum Gasteiger partial charge on any atom is 0.191 e. The number of benzene rings is 1. The summed E-state index contributed by atoms with van der Waals surface area (Å²) in [6, 6.07) is 8.15. The third-order valence-electron chi connectivity index (χ3n) is 3.95. The molecule has 7 heteroatoms. The molecule has 0 amide bonds. The number of thioether (sulfide) groups is 1. The van der Waals surface area contributed by atoms with Crippen LogP contribution in [0.2, 0.25) is 0 Å². The minimum absolute atomic E-state index is 0. The van der Waals surface area contributed by atoms with E-state index in [-0.39, 0.29) is 24.0 Å². The number of methoxy groups -OCH3 is 1. The zero-order valence-corrected chi connectivity index (χ0v) is 19.0. The van der Waals surface area contributed by atoms with Crippen molar-refractivity contribution in [2.75, 3.05) is 39.2 Å². The summed E-state index contributed by atoms with van der Waals surface area (Å²) in [5.74, 6) is 3.07. The van der Waals surface area contributed by atoms with E-state index in [0.717, 1.165) is 43.4 Å². The van der Waals surface area contributed by atoms with Crippen molar-refractivity contribution in [3.63, 3.8) is 0 Å². The first-order valence-corrected chi connectivity index (χ1v) is 10.2. The highest BCUT2D eigenvalue weighted by atomic mass is 127. The molecule has 5 nitrogen and oxygen atoms in total. The standard InChI is InChI=1S/C19H31N3O2S.HI/c1-3-20-19(22-15-18-9-5-12-25-18)21-14-16-7-4-8-17(13-16)24-11-6-10-23-2;/h4,7-8,13,18H,3,5-6,9-12,14-15H2,1-2H3,(H2,20,21,22);1H. The molecule has 2 rings (SSSR count). The summed E-state index contributed by atoms with van der Waals surface area (Å²) >= 11 is 2.06. The predicted molar refractivity (Wildman–Crippen MR) is 122 cm³/mol. The minimum Gasteiger partial charge on any atom is -0.493 e. The molecule has 1 unspecified atom stereocenters. The monoisotopic (exact) mass is 493 g/mol. The number of nitrogens with one attached hydrogen (secondary N) is 2. The van der Waals surface area contributed by atoms with E-state index in [1.54, 1.807) is 7.11 Å². The third-order valence-corrected chi connectivity index (χ3v) is 5.34. The summed E-state index contributed by atoms with van der Waals surface area (Å²) in [6.45, 7) is 5.98. The topological polar surface area (TPSA) is 54.9 Å². The van der Waals surface area contributed by atoms with E-state index in [1.165, 1.54) is 18.6 Å². The molecule has 1 fully saturated rings. The van der Waals surface area contributed by atoms with E-state index < -0.39 is 0 Å². The SMILES string of the molecule is CCNC(=NCc1cccc(OCCCOC)c1)NCC1CCCS1.I. The molecule has 1 aliphatic rings. The van der Waals surface area contributed by atoms with Crippen molar-refractivity contribution in [3.8, 4) is 5.75 Å². The van der Waals surface area contributed by atoms with Crippen molar-refractivity contribution in [3.05, 3.63) is 29.8 Å². The number of hydrogen-bond acceptors (Lipinski definition) is 4. The van der Waals surface area contributed by atoms with Crippen molar-refractivity contribution in [2.24, 2.45) is 4.99 Å². The number of nitrogens with zero attached hydrogens (tertiary/aromatic N) is 1. The lowest BCUT2D eigenvalue weighted by molar-refractivity contribution is 0.172. The molecule has 1 heterocycles. The van der Waals surface area contributed by atoms with E-state index in [9.17, 15) is 0 Å². The number of halogens is 1. The Hall–Kier alpha value is -0.670. The van der Waals surface area contributed by atoms with Crippen molar-refractivity contribution in [1.29, 1.82) is 0 Å². The Morgan fingerprint density at radius 2 is 2.19 bits per heavy atom. The van der Waals surface area contributed by atoms with Gasteiger partial charge in [0.2, 0.25) is 0 Å². The van der Waals surface area contributed by atoms with Crippen LogP contribution in [0.5, 0.6) is 5.75 Å². The zero-order valence-electron chi connectivity index (χ0n) is 15.8. The molecular formula is C19H32IN3O2S. The van der Waals surface area contributed by atoms with E-state index >= 15 is 0 Å². The summed E-state index contributed by atoms with van der Waals surface area (Å²) in [7, 11) is 1.71. The molecule has 0 aromatic heterocycles. The van der Waals surface area contributed by atoms with Gasteiger partial charge in [0.25, 0.3) is 0 Å². The van der Waals surface area contributed by atoms with Gasteiger partial charge >= 0.3 is 0 Å². The molecule has 0 bridgehead atoms. The Bertz CT molecular complexity index is 525. The van der Waals surface area contributed by atoms with Gasteiger partial charge in [-0.05, 0) is 43.2 Å². The average molecular weight is 493 g/mol. The van der Waals surface area contributed by atoms with Crippen LogP contribution in [0, 0.1) is 0 Å². The molecular weight excluding hydrogens is 461 g/mol. The van der Waals surface area contributed by atoms with Gasteiger partial charge in [-0.1, -0.05) is 12.1 Å². The highest BCUT2D eigenvalue weighted by Gasteiger charge is 2.15. The maximum absolute atomic E-state index is 5.76. The lowest BCUT2D eigenvalue weighted by Gasteiger charge is -2.14. The van der Waals surface area contributed by atoms with Crippen LogP contribution in [0.3, 0.4) is 0 Å². The van der Waals surface area contributed by atoms with Gasteiger partial charge in [0.1, 0.15) is 5.75 Å². The summed E-state index contributed by atoms with van der Waals surface area (Å²) < 4.78 is 10.8. The van der Waals surface area contributed by atoms with Crippen LogP contribution < -0.4 is 15.4 Å². The number of rotatable bonds is 10. The first-order valence-electron chi connectivity index (χ1n) is 9.16. The predicted octanol–water partition coefficient (Wildman–Crippen LogP) is 3.67. The van der Waals surface area contributed by atoms with Crippen LogP contribution in [-0.4, -0.2) is 50.4 Å². The largest absolute Gasteiger partial charge is 0.493 e. The Labute approximate surface area is 179 Å². The first-order chi connectivity index (χ1) is 12.3. The van der Waals surface area contributed by atoms with Gasteiger partial charge in [0.15, 0.2) is 5.96 Å². The number of guanidine groups is 1. The molecule has 1 aliphatic heterocycles. The van der Waals surface area contributed by atoms with Gasteiger partial charge < -0.3 is 20.1 Å². The molecule has 1 aromatic carbocycles. The van der Waals surface area contributed by atoms with Crippen molar-refractivity contribution in [2.45, 2.75) is 38.0 Å². The summed E-state index contributed by atoms with van der Waals surface area (Å²) in [5.41, 5.74) is 1.15. The lowest BCUT2D eigenvalue weighted by Crippen LogP contribution is -2.40. The molecule has 0 radical (unpaired) electrons.